The van der Waals surface area contributed by atoms with Gasteiger partial charge in [-0.15, -0.1) is 0 Å². The predicted molar refractivity (Wildman–Crippen MR) is 557 cm³/mol. The fraction of sp³-hybridized carbons (Fsp3) is 0.0370. The summed E-state index contributed by atoms with van der Waals surface area (Å²) in [6, 6.07) is 85.0. The third-order valence-corrected chi connectivity index (χ3v) is 22.7. The minimum Gasteiger partial charge on any atom is -0.871 e. The molecule has 0 aliphatic carbocycles. The van der Waals surface area contributed by atoms with Crippen molar-refractivity contribution in [3.63, 3.8) is 0 Å². The van der Waals surface area contributed by atoms with E-state index < -0.39 is 11.9 Å². The molecule has 6 heterocycles. The Morgan fingerprint density at radius 2 is 0.303 bits per heavy atom. The van der Waals surface area contributed by atoms with Gasteiger partial charge in [-0.25, -0.2) is 29.9 Å². The van der Waals surface area contributed by atoms with Crippen LogP contribution in [0.2, 0.25) is 60.3 Å². The van der Waals surface area contributed by atoms with Gasteiger partial charge >= 0.3 is 109 Å². The van der Waals surface area contributed by atoms with E-state index in [0.29, 0.717) is 128 Å². The normalized spacial score (nSPS) is 10.5. The van der Waals surface area contributed by atoms with Crippen molar-refractivity contribution in [3.05, 3.63) is 419 Å². The van der Waals surface area contributed by atoms with Crippen LogP contribution in [-0.4, -0.2) is 66.3 Å². The van der Waals surface area contributed by atoms with Gasteiger partial charge in [0.2, 0.25) is 0 Å². The molecule has 0 fully saturated rings. The molecule has 700 valence electrons. The molecule has 0 aliphatic rings. The molecule has 0 saturated heterocycles. The first-order valence-corrected chi connectivity index (χ1v) is 45.3. The zero-order valence-electron chi connectivity index (χ0n) is 75.7. The number of carbonyl (C=O) groups is 2. The van der Waals surface area contributed by atoms with E-state index >= 15 is 0 Å². The maximum Gasteiger partial charge on any atom is 2.00 e. The summed E-state index contributed by atoms with van der Waals surface area (Å²) in [7, 11) is 2.00. The Morgan fingerprint density at radius 1 is 0.197 bits per heavy atom. The number of nitrogens with zero attached hydrogens (tertiary/aromatic N) is 6. The number of para-hydroxylation sites is 6. The predicted octanol–water partition coefficient (Wildman–Crippen LogP) is 25.4. The average Bonchev–Trinajstić information content (AvgIpc) is 0.831. The first kappa shape index (κ1) is 123. The van der Waals surface area contributed by atoms with Crippen LogP contribution in [0.5, 0.6) is 34.5 Å². The number of benzene rings is 12. The number of rotatable bonds is 12. The molecular formula is C108H74Cd4Cl12N6O12. The zero-order chi connectivity index (χ0) is 100. The molecule has 0 amide bonds. The molecule has 18 rings (SSSR count). The van der Waals surface area contributed by atoms with Crippen molar-refractivity contribution >= 4 is 289 Å². The summed E-state index contributed by atoms with van der Waals surface area (Å²) in [5.74, 6) is -2.67. The molecule has 0 saturated carbocycles. The van der Waals surface area contributed by atoms with Gasteiger partial charge in [0, 0.05) is 120 Å². The first-order valence-electron chi connectivity index (χ1n) is 40.7. The second-order valence-corrected chi connectivity index (χ2v) is 33.1. The minimum atomic E-state index is -1.08. The fourth-order valence-corrected chi connectivity index (χ4v) is 15.5. The van der Waals surface area contributed by atoms with Crippen LogP contribution in [0.4, 0.5) is 0 Å². The topological polar surface area (TPSA) is 336 Å². The molecule has 0 spiro atoms. The number of aliphatic carboxylic acids is 2. The molecule has 34 heteroatoms. The number of hydrogen-bond acceptors (Lipinski definition) is 18. The average molecular weight is 2520 g/mol. The van der Waals surface area contributed by atoms with Crippen LogP contribution < -0.4 is 40.9 Å². The van der Waals surface area contributed by atoms with Crippen molar-refractivity contribution in [1.29, 1.82) is 0 Å². The standard InChI is InChI=1S/6C17H11Cl2NO.2C2H4O2.2CH4O.4Cd/c6*18-14-4-2-5-15(19)13(14)10-9-12-8-7-11-3-1-6-16(21)17(11)20-12;2*1-2(3)4;2*1-2;;;;/h6*1-10,21H;2*1H3,(H,3,4);2*2H,1H3;;;;/q;;;;;;;;;;4*+2/p-8/b6*10-9+;;;;;;;;. The number of aliphatic hydroxyl groups excluding tert-OH is 2. The molecule has 0 bridgehead atoms. The maximum atomic E-state index is 11.8. The summed E-state index contributed by atoms with van der Waals surface area (Å²) in [6.07, 6.45) is 21.5. The summed E-state index contributed by atoms with van der Waals surface area (Å²) >= 11 is 73.3. The summed E-state index contributed by atoms with van der Waals surface area (Å²) in [4.78, 5) is 44.0. The van der Waals surface area contributed by atoms with E-state index in [-0.39, 0.29) is 144 Å². The Kier molecular flexibility index (Phi) is 54.4. The van der Waals surface area contributed by atoms with Crippen molar-refractivity contribution < 1.29 is 170 Å². The third kappa shape index (κ3) is 37.1. The third-order valence-electron chi connectivity index (χ3n) is 18.8. The van der Waals surface area contributed by atoms with Crippen molar-refractivity contribution in [2.24, 2.45) is 0 Å². The minimum absolute atomic E-state index is 0. The van der Waals surface area contributed by atoms with E-state index in [4.69, 9.17) is 169 Å². The number of carbonyl (C=O) groups excluding carboxylic acids is 2. The zero-order valence-corrected chi connectivity index (χ0v) is 101. The van der Waals surface area contributed by atoms with Crippen LogP contribution in [0.15, 0.2) is 291 Å². The van der Waals surface area contributed by atoms with Crippen LogP contribution in [0.25, 0.3) is 138 Å². The van der Waals surface area contributed by atoms with Crippen molar-refractivity contribution in [1.82, 2.24) is 29.9 Å². The van der Waals surface area contributed by atoms with Gasteiger partial charge in [-0.1, -0.05) is 356 Å². The summed E-state index contributed by atoms with van der Waals surface area (Å²) in [5.41, 5.74) is 11.3. The Morgan fingerprint density at radius 3 is 0.415 bits per heavy atom. The number of carboxylic acid groups (broad SMARTS) is 2. The number of aromatic nitrogens is 6. The molecule has 0 aliphatic heterocycles. The van der Waals surface area contributed by atoms with Gasteiger partial charge in [-0.05, 0) is 228 Å². The number of carboxylic acids is 2. The number of fused-ring (bicyclic) bond motifs is 6. The van der Waals surface area contributed by atoms with Gasteiger partial charge in [-0.3, -0.25) is 0 Å². The summed E-state index contributed by atoms with van der Waals surface area (Å²) in [5, 5.41) is 114. The Balaban J connectivity index is 0.000000292. The molecule has 18 nitrogen and oxygen atoms in total. The fourth-order valence-electron chi connectivity index (χ4n) is 12.4. The van der Waals surface area contributed by atoms with Crippen LogP contribution in [0.1, 0.15) is 81.4 Å². The van der Waals surface area contributed by atoms with E-state index in [1.54, 1.807) is 219 Å². The number of hydrogen-bond donors (Lipinski definition) is 2. The smallest absolute Gasteiger partial charge is 0.871 e. The van der Waals surface area contributed by atoms with Gasteiger partial charge in [0.05, 0.1) is 67.3 Å². The molecule has 142 heavy (non-hydrogen) atoms. The SMILES string of the molecule is CC(=O)[O-].CC(=O)[O-].CO.CO.[Cd+2].[Cd+2].[Cd+2].[Cd+2].[O-]c1cccc2ccc(/C=C/c3c(Cl)cccc3Cl)nc12.[O-]c1cccc2ccc(/C=C/c3c(Cl)cccc3Cl)nc12.[O-]c1cccc2ccc(/C=C/c3c(Cl)cccc3Cl)nc12.[O-]c1cccc2ccc(/C=C/c3c(Cl)cccc3Cl)nc12.[O-]c1cccc2ccc(/C=C/c3c(Cl)cccc3Cl)nc12.[O-]c1cccc2ccc(/C=C/c3c(Cl)cccc3Cl)nc12. The molecule has 0 unspecified atom stereocenters. The van der Waals surface area contributed by atoms with E-state index in [0.717, 1.165) is 93.8 Å². The van der Waals surface area contributed by atoms with Crippen molar-refractivity contribution in [3.8, 4) is 34.5 Å². The van der Waals surface area contributed by atoms with Crippen LogP contribution >= 0.6 is 139 Å². The Bertz CT molecular complexity index is 6310. The molecule has 6 aromatic heterocycles. The van der Waals surface area contributed by atoms with Gasteiger partial charge in [0.15, 0.2) is 0 Å². The van der Waals surface area contributed by atoms with Crippen molar-refractivity contribution in [2.45, 2.75) is 13.8 Å². The number of halogens is 12. The number of aliphatic hydroxyl groups is 2. The largest absolute Gasteiger partial charge is 2.00 e. The molecular weight excluding hydrogens is 2450 g/mol. The van der Waals surface area contributed by atoms with E-state index in [9.17, 15) is 30.6 Å². The van der Waals surface area contributed by atoms with E-state index in [1.807, 2.05) is 109 Å². The summed E-state index contributed by atoms with van der Waals surface area (Å²) in [6.45, 7) is 1.94. The second-order valence-electron chi connectivity index (χ2n) is 28.2. The van der Waals surface area contributed by atoms with E-state index in [2.05, 4.69) is 29.9 Å². The molecule has 0 atom stereocenters. The molecule has 12 aromatic carbocycles. The Labute approximate surface area is 959 Å². The molecule has 2 N–H and O–H groups in total. The summed E-state index contributed by atoms with van der Waals surface area (Å²) < 4.78 is 0. The molecule has 18 aromatic rings. The van der Waals surface area contributed by atoms with Crippen molar-refractivity contribution in [2.75, 3.05) is 14.2 Å². The van der Waals surface area contributed by atoms with Gasteiger partial charge in [-0.2, -0.15) is 0 Å². The number of pyridine rings is 6. The maximum absolute atomic E-state index is 11.8. The van der Waals surface area contributed by atoms with E-state index in [1.165, 1.54) is 36.4 Å². The van der Waals surface area contributed by atoms with Crippen LogP contribution in [0, 0.1) is 0 Å². The monoisotopic (exact) mass is 2520 g/mol. The van der Waals surface area contributed by atoms with Gasteiger partial charge in [0.25, 0.3) is 0 Å². The second kappa shape index (κ2) is 62.9. The van der Waals surface area contributed by atoms with Crippen LogP contribution in [0.3, 0.4) is 0 Å². The van der Waals surface area contributed by atoms with Crippen LogP contribution in [-0.2, 0) is 119 Å². The van der Waals surface area contributed by atoms with Gasteiger partial charge < -0.3 is 60.7 Å². The van der Waals surface area contributed by atoms with Gasteiger partial charge in [0.1, 0.15) is 0 Å². The molecule has 0 radical (unpaired) electrons. The Hall–Kier alpha value is -9.63. The quantitative estimate of drug-likeness (QED) is 0.107. The first-order chi connectivity index (χ1) is 66.4.